The molecule has 2 heterocycles. The number of hydrogen-bond donors (Lipinski definition) is 0. The third-order valence-corrected chi connectivity index (χ3v) is 6.38. The summed E-state index contributed by atoms with van der Waals surface area (Å²) >= 11 is 0. The molecule has 1 fully saturated rings. The van der Waals surface area contributed by atoms with Crippen molar-refractivity contribution in [1.29, 1.82) is 5.26 Å². The second-order valence-corrected chi connectivity index (χ2v) is 9.02. The Morgan fingerprint density at radius 2 is 1.84 bits per heavy atom. The molecule has 0 amide bonds. The van der Waals surface area contributed by atoms with Crippen LogP contribution in [0.1, 0.15) is 55.1 Å². The smallest absolute Gasteiger partial charge is 0.234 e. The molecule has 6 heteroatoms. The quantitative estimate of drug-likeness (QED) is 0.649. The molecule has 0 aliphatic carbocycles. The molecule has 1 aromatic heterocycles. The Kier molecular flexibility index (Phi) is 8.00. The molecule has 0 spiro atoms. The lowest BCUT2D eigenvalue weighted by molar-refractivity contribution is 0.202. The molecular formula is C25H36N6. The first-order valence-corrected chi connectivity index (χ1v) is 11.4. The lowest BCUT2D eigenvalue weighted by Gasteiger charge is -2.36. The van der Waals surface area contributed by atoms with Crippen LogP contribution in [0.15, 0.2) is 30.5 Å². The van der Waals surface area contributed by atoms with Gasteiger partial charge >= 0.3 is 0 Å². The van der Waals surface area contributed by atoms with Crippen LogP contribution in [0.3, 0.4) is 0 Å². The maximum atomic E-state index is 9.18. The van der Waals surface area contributed by atoms with Gasteiger partial charge in [0.15, 0.2) is 0 Å². The van der Waals surface area contributed by atoms with Gasteiger partial charge in [-0.05, 0) is 70.4 Å². The minimum Gasteiger partial charge on any atom is -0.355 e. The number of rotatable bonds is 8. The average Bonchev–Trinajstić information content (AvgIpc) is 2.78. The van der Waals surface area contributed by atoms with Gasteiger partial charge in [0.1, 0.15) is 11.9 Å². The molecule has 0 radical (unpaired) electrons. The highest BCUT2D eigenvalue weighted by atomic mass is 15.2. The van der Waals surface area contributed by atoms with Crippen LogP contribution in [-0.2, 0) is 13.0 Å². The summed E-state index contributed by atoms with van der Waals surface area (Å²) in [4.78, 5) is 15.6. The predicted octanol–water partition coefficient (Wildman–Crippen LogP) is 3.68. The molecule has 1 aromatic carbocycles. The van der Waals surface area contributed by atoms with Gasteiger partial charge in [0.2, 0.25) is 5.82 Å². The Balaban J connectivity index is 1.55. The fraction of sp³-hybridized carbons (Fsp3) is 0.560. The van der Waals surface area contributed by atoms with Crippen molar-refractivity contribution in [3.05, 3.63) is 53.0 Å². The van der Waals surface area contributed by atoms with Gasteiger partial charge in [-0.15, -0.1) is 0 Å². The largest absolute Gasteiger partial charge is 0.355 e. The molecular weight excluding hydrogens is 384 g/mol. The molecule has 0 saturated carbocycles. The summed E-state index contributed by atoms with van der Waals surface area (Å²) in [5.41, 5.74) is 3.94. The molecule has 3 rings (SSSR count). The first-order valence-electron chi connectivity index (χ1n) is 11.4. The highest BCUT2D eigenvalue weighted by Crippen LogP contribution is 2.29. The Bertz CT molecular complexity index is 878. The highest BCUT2D eigenvalue weighted by molar-refractivity contribution is 5.47. The molecule has 6 nitrogen and oxygen atoms in total. The van der Waals surface area contributed by atoms with Crippen molar-refractivity contribution in [3.8, 4) is 6.07 Å². The summed E-state index contributed by atoms with van der Waals surface area (Å²) in [6.45, 7) is 8.58. The number of nitrogens with zero attached hydrogens (tertiary/aromatic N) is 6. The number of aryl methyl sites for hydroxylation is 1. The number of benzene rings is 1. The Morgan fingerprint density at radius 3 is 2.42 bits per heavy atom. The average molecular weight is 421 g/mol. The van der Waals surface area contributed by atoms with Crippen LogP contribution in [0.25, 0.3) is 0 Å². The van der Waals surface area contributed by atoms with Crippen molar-refractivity contribution in [2.24, 2.45) is 0 Å². The lowest BCUT2D eigenvalue weighted by atomic mass is 9.89. The van der Waals surface area contributed by atoms with Gasteiger partial charge in [0.25, 0.3) is 0 Å². The third kappa shape index (κ3) is 6.03. The van der Waals surface area contributed by atoms with E-state index >= 15 is 0 Å². The number of hydrogen-bond acceptors (Lipinski definition) is 6. The number of likely N-dealkylation sites (tertiary alicyclic amines) is 1. The molecule has 1 aliphatic rings. The molecule has 0 N–H and O–H groups in total. The van der Waals surface area contributed by atoms with E-state index in [0.29, 0.717) is 12.0 Å². The first-order chi connectivity index (χ1) is 14.9. The van der Waals surface area contributed by atoms with E-state index in [1.54, 1.807) is 6.20 Å². The van der Waals surface area contributed by atoms with Crippen LogP contribution in [-0.4, -0.2) is 66.6 Å². The summed E-state index contributed by atoms with van der Waals surface area (Å²) in [7, 11) is 6.30. The molecule has 31 heavy (non-hydrogen) atoms. The Hall–Kier alpha value is -2.49. The zero-order valence-electron chi connectivity index (χ0n) is 19.7. The van der Waals surface area contributed by atoms with E-state index in [0.717, 1.165) is 44.0 Å². The maximum absolute atomic E-state index is 9.18. The van der Waals surface area contributed by atoms with Gasteiger partial charge in [0.05, 0.1) is 0 Å². The van der Waals surface area contributed by atoms with Gasteiger partial charge in [-0.2, -0.15) is 5.26 Å². The summed E-state index contributed by atoms with van der Waals surface area (Å²) in [6, 6.07) is 11.6. The second kappa shape index (κ2) is 10.7. The SMILES string of the molecule is CCc1cnc(C#N)nc1N(C)C(C)CN1CCC(c2ccc(CN(C)C)cc2)CC1. The van der Waals surface area contributed by atoms with E-state index in [4.69, 9.17) is 0 Å². The topological polar surface area (TPSA) is 59.3 Å². The van der Waals surface area contributed by atoms with Crippen molar-refractivity contribution in [1.82, 2.24) is 19.8 Å². The van der Waals surface area contributed by atoms with E-state index in [1.807, 2.05) is 0 Å². The molecule has 1 atom stereocenters. The van der Waals surface area contributed by atoms with Crippen LogP contribution >= 0.6 is 0 Å². The lowest BCUT2D eigenvalue weighted by Crippen LogP contribution is -2.44. The molecule has 1 saturated heterocycles. The Morgan fingerprint density at radius 1 is 1.16 bits per heavy atom. The first kappa shape index (κ1) is 23.2. The number of anilines is 1. The van der Waals surface area contributed by atoms with Crippen LogP contribution in [0.2, 0.25) is 0 Å². The van der Waals surface area contributed by atoms with Crippen molar-refractivity contribution < 1.29 is 0 Å². The van der Waals surface area contributed by atoms with Crippen LogP contribution in [0.4, 0.5) is 5.82 Å². The van der Waals surface area contributed by atoms with Crippen molar-refractivity contribution >= 4 is 5.82 Å². The number of piperidine rings is 1. The summed E-state index contributed by atoms with van der Waals surface area (Å²) < 4.78 is 0. The molecule has 1 aliphatic heterocycles. The van der Waals surface area contributed by atoms with Gasteiger partial charge in [-0.3, -0.25) is 0 Å². The van der Waals surface area contributed by atoms with E-state index in [1.165, 1.54) is 24.0 Å². The highest BCUT2D eigenvalue weighted by Gasteiger charge is 2.24. The molecule has 1 unspecified atom stereocenters. The zero-order valence-corrected chi connectivity index (χ0v) is 19.7. The fourth-order valence-electron chi connectivity index (χ4n) is 4.42. The fourth-order valence-corrected chi connectivity index (χ4v) is 4.42. The van der Waals surface area contributed by atoms with Crippen LogP contribution in [0.5, 0.6) is 0 Å². The normalized spacial score (nSPS) is 16.3. The van der Waals surface area contributed by atoms with E-state index in [-0.39, 0.29) is 5.82 Å². The summed E-state index contributed by atoms with van der Waals surface area (Å²) in [5, 5.41) is 9.18. The summed E-state index contributed by atoms with van der Waals surface area (Å²) in [6.07, 6.45) is 5.06. The Labute approximate surface area is 187 Å². The third-order valence-electron chi connectivity index (χ3n) is 6.38. The van der Waals surface area contributed by atoms with Crippen LogP contribution < -0.4 is 4.90 Å². The molecule has 0 bridgehead atoms. The van der Waals surface area contributed by atoms with Gasteiger partial charge in [0, 0.05) is 37.9 Å². The van der Waals surface area contributed by atoms with E-state index in [9.17, 15) is 5.26 Å². The van der Waals surface area contributed by atoms with Crippen molar-refractivity contribution in [2.75, 3.05) is 45.7 Å². The minimum absolute atomic E-state index is 0.240. The van der Waals surface area contributed by atoms with Gasteiger partial charge in [-0.25, -0.2) is 9.97 Å². The van der Waals surface area contributed by atoms with E-state index < -0.39 is 0 Å². The second-order valence-electron chi connectivity index (χ2n) is 9.02. The van der Waals surface area contributed by atoms with E-state index in [2.05, 4.69) is 90.0 Å². The predicted molar refractivity (Wildman–Crippen MR) is 126 cm³/mol. The number of nitriles is 1. The van der Waals surface area contributed by atoms with Gasteiger partial charge in [-0.1, -0.05) is 31.2 Å². The van der Waals surface area contributed by atoms with Crippen molar-refractivity contribution in [2.45, 2.75) is 51.6 Å². The molecule has 166 valence electrons. The zero-order chi connectivity index (χ0) is 22.4. The minimum atomic E-state index is 0.240. The van der Waals surface area contributed by atoms with Gasteiger partial charge < -0.3 is 14.7 Å². The van der Waals surface area contributed by atoms with Crippen LogP contribution in [0, 0.1) is 11.3 Å². The summed E-state index contributed by atoms with van der Waals surface area (Å²) in [5.74, 6) is 1.78. The maximum Gasteiger partial charge on any atom is 0.234 e. The number of aromatic nitrogens is 2. The standard InChI is InChI=1S/C25H36N6/c1-6-21-16-27-24(15-26)28-25(21)30(5)19(2)17-31-13-11-23(12-14-31)22-9-7-20(8-10-22)18-29(3)4/h7-10,16,19,23H,6,11-14,17-18H2,1-5H3. The number of likely N-dealkylation sites (N-methyl/N-ethyl adjacent to an activating group) is 1. The van der Waals surface area contributed by atoms with Crippen molar-refractivity contribution in [3.63, 3.8) is 0 Å². The molecule has 2 aromatic rings. The monoisotopic (exact) mass is 420 g/mol.